The molecular weight excluding hydrogens is 304 g/mol. The van der Waals surface area contributed by atoms with E-state index < -0.39 is 35.0 Å². The standard InChI is InChI=1S/C15H16N2O6/c1-14-11(22-15(23-14)5-2-3-6-15)9(8-18)21-12(14)17-7-4-10(19)16-13(17)20/h4,7,11-12H,2-3,5-6H2,1H3,(H,16,19,20)/t11-,12-,14-/m1/s1. The van der Waals surface area contributed by atoms with Gasteiger partial charge in [0.1, 0.15) is 0 Å². The third kappa shape index (κ3) is 1.96. The molecule has 2 aliphatic heterocycles. The lowest BCUT2D eigenvalue weighted by atomic mass is 9.99. The number of nitrogens with one attached hydrogen (secondary N) is 1. The number of hydrogen-bond donors (Lipinski definition) is 1. The monoisotopic (exact) mass is 320 g/mol. The van der Waals surface area contributed by atoms with Crippen molar-refractivity contribution < 1.29 is 19.0 Å². The van der Waals surface area contributed by atoms with E-state index in [0.29, 0.717) is 0 Å². The molecule has 1 saturated carbocycles. The maximum Gasteiger partial charge on any atom is 0.331 e. The lowest BCUT2D eigenvalue weighted by Gasteiger charge is -2.30. The van der Waals surface area contributed by atoms with Crippen LogP contribution >= 0.6 is 0 Å². The van der Waals surface area contributed by atoms with E-state index in [1.165, 1.54) is 16.8 Å². The van der Waals surface area contributed by atoms with E-state index >= 15 is 0 Å². The predicted molar refractivity (Wildman–Crippen MR) is 76.2 cm³/mol. The summed E-state index contributed by atoms with van der Waals surface area (Å²) in [5.41, 5.74) is -2.18. The zero-order valence-corrected chi connectivity index (χ0v) is 12.5. The molecule has 3 aliphatic rings. The van der Waals surface area contributed by atoms with Crippen molar-refractivity contribution in [2.75, 3.05) is 0 Å². The molecule has 8 nitrogen and oxygen atoms in total. The van der Waals surface area contributed by atoms with E-state index in [2.05, 4.69) is 4.98 Å². The number of nitrogens with zero attached hydrogens (tertiary/aromatic N) is 1. The first-order valence-electron chi connectivity index (χ1n) is 7.59. The van der Waals surface area contributed by atoms with Crippen molar-refractivity contribution in [2.24, 2.45) is 0 Å². The topological polar surface area (TPSA) is 99.6 Å². The molecule has 1 aromatic rings. The fraction of sp³-hybridized carbons (Fsp3) is 0.600. The smallest absolute Gasteiger partial charge is 0.331 e. The van der Waals surface area contributed by atoms with E-state index in [1.807, 2.05) is 0 Å². The van der Waals surface area contributed by atoms with Gasteiger partial charge in [0.05, 0.1) is 0 Å². The van der Waals surface area contributed by atoms with Gasteiger partial charge in [-0.2, -0.15) is 0 Å². The molecule has 1 N–H and O–H groups in total. The van der Waals surface area contributed by atoms with Crippen LogP contribution in [0.5, 0.6) is 0 Å². The fourth-order valence-electron chi connectivity index (χ4n) is 3.76. The molecule has 0 bridgehead atoms. The number of aromatic amines is 1. The molecule has 3 fully saturated rings. The van der Waals surface area contributed by atoms with Gasteiger partial charge in [0.25, 0.3) is 5.56 Å². The highest BCUT2D eigenvalue weighted by Crippen LogP contribution is 2.55. The Morgan fingerprint density at radius 2 is 2.09 bits per heavy atom. The molecule has 122 valence electrons. The first kappa shape index (κ1) is 14.4. The van der Waals surface area contributed by atoms with Gasteiger partial charge in [-0.3, -0.25) is 14.3 Å². The highest BCUT2D eigenvalue weighted by Gasteiger charge is 2.66. The molecule has 1 aromatic heterocycles. The Kier molecular flexibility index (Phi) is 2.93. The molecule has 3 atom stereocenters. The van der Waals surface area contributed by atoms with Gasteiger partial charge < -0.3 is 14.2 Å². The number of H-pyrrole nitrogens is 1. The van der Waals surface area contributed by atoms with Crippen LogP contribution in [0, 0.1) is 0 Å². The average Bonchev–Trinajstić information content (AvgIpc) is 3.13. The van der Waals surface area contributed by atoms with Crippen molar-refractivity contribution in [1.82, 2.24) is 9.55 Å². The van der Waals surface area contributed by atoms with Crippen LogP contribution in [0.15, 0.2) is 27.6 Å². The van der Waals surface area contributed by atoms with Crippen molar-refractivity contribution in [2.45, 2.75) is 56.3 Å². The molecule has 3 heterocycles. The Balaban J connectivity index is 1.81. The lowest BCUT2D eigenvalue weighted by Crippen LogP contribution is -2.45. The maximum atomic E-state index is 12.1. The molecule has 0 amide bonds. The van der Waals surface area contributed by atoms with Crippen LogP contribution in [0.25, 0.3) is 0 Å². The number of hydrogen-bond acceptors (Lipinski definition) is 6. The second-order valence-electron chi connectivity index (χ2n) is 6.36. The Morgan fingerprint density at radius 3 is 2.74 bits per heavy atom. The zero-order valence-electron chi connectivity index (χ0n) is 12.5. The maximum absolute atomic E-state index is 12.1. The zero-order chi connectivity index (χ0) is 16.2. The summed E-state index contributed by atoms with van der Waals surface area (Å²) in [6, 6.07) is 1.22. The third-order valence-electron chi connectivity index (χ3n) is 4.80. The SMILES string of the molecule is C[C@@]12OC3(CCCC3)O[C@@H]1C(=C=O)O[C@H]2n1ccc(=O)[nH]c1=O. The number of aromatic nitrogens is 2. The molecule has 1 aliphatic carbocycles. The average molecular weight is 320 g/mol. The van der Waals surface area contributed by atoms with Gasteiger partial charge in [-0.15, -0.1) is 0 Å². The summed E-state index contributed by atoms with van der Waals surface area (Å²) >= 11 is 0. The van der Waals surface area contributed by atoms with Crippen LogP contribution < -0.4 is 11.2 Å². The summed E-state index contributed by atoms with van der Waals surface area (Å²) in [7, 11) is 0. The van der Waals surface area contributed by atoms with E-state index in [0.717, 1.165) is 25.7 Å². The molecule has 8 heteroatoms. The molecular formula is C15H16N2O6. The van der Waals surface area contributed by atoms with Crippen LogP contribution in [0.1, 0.15) is 38.8 Å². The summed E-state index contributed by atoms with van der Waals surface area (Å²) in [4.78, 5) is 36.8. The molecule has 1 spiro atoms. The number of rotatable bonds is 1. The van der Waals surface area contributed by atoms with Crippen molar-refractivity contribution in [3.63, 3.8) is 0 Å². The Morgan fingerprint density at radius 1 is 1.35 bits per heavy atom. The molecule has 0 aromatic carbocycles. The van der Waals surface area contributed by atoms with Gasteiger partial charge in [0.2, 0.25) is 12.0 Å². The summed E-state index contributed by atoms with van der Waals surface area (Å²) in [6.07, 6.45) is 3.12. The third-order valence-corrected chi connectivity index (χ3v) is 4.80. The summed E-state index contributed by atoms with van der Waals surface area (Å²) in [5.74, 6) is 0.994. The molecule has 2 saturated heterocycles. The Labute approximate surface area is 130 Å². The first-order valence-corrected chi connectivity index (χ1v) is 7.59. The molecule has 0 radical (unpaired) electrons. The van der Waals surface area contributed by atoms with Gasteiger partial charge >= 0.3 is 5.69 Å². The van der Waals surface area contributed by atoms with E-state index in [-0.39, 0.29) is 5.76 Å². The van der Waals surface area contributed by atoms with Gasteiger partial charge in [-0.05, 0) is 19.8 Å². The van der Waals surface area contributed by atoms with Crippen molar-refractivity contribution >= 4 is 5.94 Å². The number of carbonyl (C=O) groups excluding carboxylic acids is 1. The summed E-state index contributed by atoms with van der Waals surface area (Å²) in [5, 5.41) is 0. The predicted octanol–water partition coefficient (Wildman–Crippen LogP) is 0.225. The van der Waals surface area contributed by atoms with Gasteiger partial charge in [0.15, 0.2) is 23.4 Å². The second kappa shape index (κ2) is 4.67. The minimum Gasteiger partial charge on any atom is -0.457 e. The molecule has 0 unspecified atom stereocenters. The fourth-order valence-corrected chi connectivity index (χ4v) is 3.76. The summed E-state index contributed by atoms with van der Waals surface area (Å²) in [6.45, 7) is 1.75. The van der Waals surface area contributed by atoms with Gasteiger partial charge in [-0.1, -0.05) is 0 Å². The van der Waals surface area contributed by atoms with Gasteiger partial charge in [0, 0.05) is 25.1 Å². The molecule has 4 rings (SSSR count). The Bertz CT molecular complexity index is 814. The Hall–Kier alpha value is -2.15. The lowest BCUT2D eigenvalue weighted by molar-refractivity contribution is -0.214. The highest BCUT2D eigenvalue weighted by molar-refractivity contribution is 5.53. The largest absolute Gasteiger partial charge is 0.457 e. The minimum atomic E-state index is -1.04. The minimum absolute atomic E-state index is 0.0145. The van der Waals surface area contributed by atoms with Crippen LogP contribution in [-0.2, 0) is 19.0 Å². The van der Waals surface area contributed by atoms with E-state index in [1.54, 1.807) is 12.9 Å². The molecule has 23 heavy (non-hydrogen) atoms. The van der Waals surface area contributed by atoms with E-state index in [4.69, 9.17) is 14.2 Å². The van der Waals surface area contributed by atoms with Gasteiger partial charge in [-0.25, -0.2) is 9.59 Å². The van der Waals surface area contributed by atoms with E-state index in [9.17, 15) is 14.4 Å². The van der Waals surface area contributed by atoms with Crippen molar-refractivity contribution in [1.29, 1.82) is 0 Å². The quantitative estimate of drug-likeness (QED) is 0.743. The second-order valence-corrected chi connectivity index (χ2v) is 6.36. The highest BCUT2D eigenvalue weighted by atomic mass is 16.8. The van der Waals surface area contributed by atoms with Crippen LogP contribution in [-0.4, -0.2) is 33.0 Å². The van der Waals surface area contributed by atoms with Crippen LogP contribution in [0.4, 0.5) is 0 Å². The van der Waals surface area contributed by atoms with Crippen LogP contribution in [0.2, 0.25) is 0 Å². The van der Waals surface area contributed by atoms with Crippen molar-refractivity contribution in [3.8, 4) is 0 Å². The summed E-state index contributed by atoms with van der Waals surface area (Å²) < 4.78 is 19.0. The normalized spacial score (nSPS) is 34.4. The number of fused-ring (bicyclic) bond motifs is 1. The van der Waals surface area contributed by atoms with Crippen molar-refractivity contribution in [3.05, 3.63) is 38.9 Å². The first-order chi connectivity index (χ1) is 11.0. The van der Waals surface area contributed by atoms with Crippen LogP contribution in [0.3, 0.4) is 0 Å². The number of ether oxygens (including phenoxy) is 3.